The summed E-state index contributed by atoms with van der Waals surface area (Å²) in [5.41, 5.74) is 3.52. The molecule has 0 aliphatic heterocycles. The van der Waals surface area contributed by atoms with E-state index in [0.29, 0.717) is 6.42 Å². The smallest absolute Gasteiger partial charge is 0.168 e. The van der Waals surface area contributed by atoms with E-state index >= 15 is 0 Å². The standard InChI is InChI=1S/C16H15N3OS/c1-11-14(9-19(2)18-11)16-17-13(10-21-16)8-15(20)12-6-4-3-5-7-12/h3-7,9-10H,8H2,1-2H3. The first-order valence-electron chi connectivity index (χ1n) is 6.67. The summed E-state index contributed by atoms with van der Waals surface area (Å²) in [6.07, 6.45) is 2.29. The zero-order chi connectivity index (χ0) is 14.8. The maximum Gasteiger partial charge on any atom is 0.168 e. The Kier molecular flexibility index (Phi) is 3.66. The Balaban J connectivity index is 1.80. The van der Waals surface area contributed by atoms with Gasteiger partial charge >= 0.3 is 0 Å². The second-order valence-electron chi connectivity index (χ2n) is 4.91. The van der Waals surface area contributed by atoms with Crippen LogP contribution in [0.5, 0.6) is 0 Å². The van der Waals surface area contributed by atoms with Crippen molar-refractivity contribution in [2.24, 2.45) is 7.05 Å². The predicted molar refractivity (Wildman–Crippen MR) is 83.5 cm³/mol. The number of aryl methyl sites for hydroxylation is 2. The highest BCUT2D eigenvalue weighted by molar-refractivity contribution is 7.13. The first kappa shape index (κ1) is 13.7. The SMILES string of the molecule is Cc1nn(C)cc1-c1nc(CC(=O)c2ccccc2)cs1. The Bertz CT molecular complexity index is 774. The van der Waals surface area contributed by atoms with E-state index in [-0.39, 0.29) is 5.78 Å². The minimum absolute atomic E-state index is 0.0929. The van der Waals surface area contributed by atoms with Crippen molar-refractivity contribution in [1.29, 1.82) is 0 Å². The summed E-state index contributed by atoms with van der Waals surface area (Å²) in [6.45, 7) is 1.96. The highest BCUT2D eigenvalue weighted by Crippen LogP contribution is 2.26. The lowest BCUT2D eigenvalue weighted by atomic mass is 10.1. The summed E-state index contributed by atoms with van der Waals surface area (Å²) in [7, 11) is 1.89. The van der Waals surface area contributed by atoms with Crippen LogP contribution in [0, 0.1) is 6.92 Å². The number of carbonyl (C=O) groups excluding carboxylic acids is 1. The second-order valence-corrected chi connectivity index (χ2v) is 5.77. The molecular formula is C16H15N3OS. The van der Waals surface area contributed by atoms with Crippen molar-refractivity contribution >= 4 is 17.1 Å². The zero-order valence-corrected chi connectivity index (χ0v) is 12.7. The largest absolute Gasteiger partial charge is 0.294 e. The van der Waals surface area contributed by atoms with E-state index in [4.69, 9.17) is 0 Å². The Morgan fingerprint density at radius 2 is 2.05 bits per heavy atom. The van der Waals surface area contributed by atoms with Gasteiger partial charge in [0.15, 0.2) is 5.78 Å². The molecule has 0 aliphatic carbocycles. The minimum atomic E-state index is 0.0929. The van der Waals surface area contributed by atoms with Gasteiger partial charge in [-0.3, -0.25) is 9.48 Å². The minimum Gasteiger partial charge on any atom is -0.294 e. The lowest BCUT2D eigenvalue weighted by molar-refractivity contribution is 0.0992. The van der Waals surface area contributed by atoms with Crippen molar-refractivity contribution in [3.05, 3.63) is 58.9 Å². The summed E-state index contributed by atoms with van der Waals surface area (Å²) in [5.74, 6) is 0.0929. The van der Waals surface area contributed by atoms with Gasteiger partial charge in [-0.15, -0.1) is 11.3 Å². The molecule has 0 saturated heterocycles. The summed E-state index contributed by atoms with van der Waals surface area (Å²) >= 11 is 1.55. The number of aromatic nitrogens is 3. The molecule has 0 aliphatic rings. The molecule has 0 fully saturated rings. The van der Waals surface area contributed by atoms with Gasteiger partial charge in [0.25, 0.3) is 0 Å². The average Bonchev–Trinajstić information content (AvgIpc) is 3.06. The summed E-state index contributed by atoms with van der Waals surface area (Å²) < 4.78 is 1.78. The van der Waals surface area contributed by atoms with Gasteiger partial charge < -0.3 is 0 Å². The number of ketones is 1. The van der Waals surface area contributed by atoms with Crippen molar-refractivity contribution in [3.8, 4) is 10.6 Å². The first-order chi connectivity index (χ1) is 10.1. The third-order valence-corrected chi connectivity index (χ3v) is 4.16. The fourth-order valence-electron chi connectivity index (χ4n) is 2.21. The van der Waals surface area contributed by atoms with Gasteiger partial charge in [0.2, 0.25) is 0 Å². The van der Waals surface area contributed by atoms with Gasteiger partial charge in [0, 0.05) is 24.2 Å². The van der Waals surface area contributed by atoms with Crippen LogP contribution in [0.2, 0.25) is 0 Å². The molecule has 0 amide bonds. The number of hydrogen-bond donors (Lipinski definition) is 0. The van der Waals surface area contributed by atoms with Crippen LogP contribution in [-0.2, 0) is 13.5 Å². The van der Waals surface area contributed by atoms with Crippen molar-refractivity contribution in [1.82, 2.24) is 14.8 Å². The molecule has 2 aromatic heterocycles. The van der Waals surface area contributed by atoms with Gasteiger partial charge in [-0.2, -0.15) is 5.10 Å². The normalized spacial score (nSPS) is 10.8. The lowest BCUT2D eigenvalue weighted by Crippen LogP contribution is -2.03. The quantitative estimate of drug-likeness (QED) is 0.694. The number of carbonyl (C=O) groups is 1. The van der Waals surface area contributed by atoms with E-state index < -0.39 is 0 Å². The number of benzene rings is 1. The molecule has 3 rings (SSSR count). The van der Waals surface area contributed by atoms with Gasteiger partial charge in [-0.25, -0.2) is 4.98 Å². The van der Waals surface area contributed by atoms with Gasteiger partial charge in [0.1, 0.15) is 5.01 Å². The molecule has 106 valence electrons. The number of rotatable bonds is 4. The van der Waals surface area contributed by atoms with Crippen molar-refractivity contribution in [2.75, 3.05) is 0 Å². The van der Waals surface area contributed by atoms with Crippen molar-refractivity contribution in [3.63, 3.8) is 0 Å². The number of hydrogen-bond acceptors (Lipinski definition) is 4. The van der Waals surface area contributed by atoms with Gasteiger partial charge in [0.05, 0.1) is 23.4 Å². The van der Waals surface area contributed by atoms with Crippen molar-refractivity contribution in [2.45, 2.75) is 13.3 Å². The van der Waals surface area contributed by atoms with Crippen LogP contribution in [0.4, 0.5) is 0 Å². The molecule has 0 spiro atoms. The Hall–Kier alpha value is -2.27. The third kappa shape index (κ3) is 2.92. The maximum absolute atomic E-state index is 12.2. The van der Waals surface area contributed by atoms with Crippen LogP contribution >= 0.6 is 11.3 Å². The summed E-state index contributed by atoms with van der Waals surface area (Å²) in [6, 6.07) is 9.32. The molecule has 0 N–H and O–H groups in total. The fourth-order valence-corrected chi connectivity index (χ4v) is 3.09. The molecule has 0 radical (unpaired) electrons. The first-order valence-corrected chi connectivity index (χ1v) is 7.54. The monoisotopic (exact) mass is 297 g/mol. The van der Waals surface area contributed by atoms with Gasteiger partial charge in [-0.05, 0) is 6.92 Å². The van der Waals surface area contributed by atoms with E-state index in [2.05, 4.69) is 10.1 Å². The van der Waals surface area contributed by atoms with E-state index in [1.807, 2.05) is 55.9 Å². The zero-order valence-electron chi connectivity index (χ0n) is 11.9. The van der Waals surface area contributed by atoms with E-state index in [1.165, 1.54) is 0 Å². The van der Waals surface area contributed by atoms with Crippen LogP contribution in [-0.4, -0.2) is 20.5 Å². The summed E-state index contributed by atoms with van der Waals surface area (Å²) in [4.78, 5) is 16.7. The van der Waals surface area contributed by atoms with E-state index in [9.17, 15) is 4.79 Å². The van der Waals surface area contributed by atoms with Crippen LogP contribution < -0.4 is 0 Å². The Morgan fingerprint density at radius 3 is 2.71 bits per heavy atom. The van der Waals surface area contributed by atoms with Crippen LogP contribution in [0.25, 0.3) is 10.6 Å². The number of Topliss-reactive ketones (excluding diaryl/α,β-unsaturated/α-hetero) is 1. The lowest BCUT2D eigenvalue weighted by Gasteiger charge is -1.97. The highest BCUT2D eigenvalue weighted by Gasteiger charge is 2.13. The highest BCUT2D eigenvalue weighted by atomic mass is 32.1. The summed E-state index contributed by atoms with van der Waals surface area (Å²) in [5, 5.41) is 7.18. The number of nitrogens with zero attached hydrogens (tertiary/aromatic N) is 3. The van der Waals surface area contributed by atoms with Gasteiger partial charge in [-0.1, -0.05) is 30.3 Å². The Labute approximate surface area is 127 Å². The van der Waals surface area contributed by atoms with Crippen molar-refractivity contribution < 1.29 is 4.79 Å². The predicted octanol–water partition coefficient (Wildman–Crippen LogP) is 3.28. The maximum atomic E-state index is 12.2. The van der Waals surface area contributed by atoms with E-state index in [0.717, 1.165) is 27.5 Å². The average molecular weight is 297 g/mol. The molecule has 3 aromatic rings. The molecule has 1 aromatic carbocycles. The molecule has 4 nitrogen and oxygen atoms in total. The number of thiazole rings is 1. The molecule has 0 atom stereocenters. The molecule has 0 unspecified atom stereocenters. The van der Waals surface area contributed by atoms with Crippen LogP contribution in [0.3, 0.4) is 0 Å². The van der Waals surface area contributed by atoms with Crippen LogP contribution in [0.1, 0.15) is 21.7 Å². The Morgan fingerprint density at radius 1 is 1.29 bits per heavy atom. The third-order valence-electron chi connectivity index (χ3n) is 3.23. The molecule has 21 heavy (non-hydrogen) atoms. The molecule has 2 heterocycles. The van der Waals surface area contributed by atoms with E-state index in [1.54, 1.807) is 16.0 Å². The molecule has 5 heteroatoms. The topological polar surface area (TPSA) is 47.8 Å². The molecular weight excluding hydrogens is 282 g/mol. The second kappa shape index (κ2) is 5.61. The van der Waals surface area contributed by atoms with Crippen LogP contribution in [0.15, 0.2) is 41.9 Å². The fraction of sp³-hybridized carbons (Fsp3) is 0.188. The molecule has 0 bridgehead atoms. The molecule has 0 saturated carbocycles.